The topological polar surface area (TPSA) is 53.1 Å². The molecular weight excluding hydrogens is 214 g/mol. The van der Waals surface area contributed by atoms with Crippen molar-refractivity contribution in [3.8, 4) is 11.4 Å². The van der Waals surface area contributed by atoms with Crippen molar-refractivity contribution in [2.45, 2.75) is 19.3 Å². The number of benzene rings is 1. The Hall–Kier alpha value is -1.97. The van der Waals surface area contributed by atoms with Crippen LogP contribution in [0.5, 0.6) is 5.75 Å². The van der Waals surface area contributed by atoms with Crippen LogP contribution in [0, 0.1) is 0 Å². The molecule has 1 aromatic carbocycles. The first kappa shape index (κ1) is 10.2. The van der Waals surface area contributed by atoms with E-state index < -0.39 is 0 Å². The molecule has 4 heteroatoms. The van der Waals surface area contributed by atoms with Gasteiger partial charge in [0, 0.05) is 5.56 Å². The fourth-order valence-electron chi connectivity index (χ4n) is 2.40. The van der Waals surface area contributed by atoms with Crippen LogP contribution >= 0.6 is 0 Å². The molecule has 88 valence electrons. The van der Waals surface area contributed by atoms with Gasteiger partial charge in [-0.05, 0) is 31.4 Å². The van der Waals surface area contributed by atoms with Gasteiger partial charge in [0.15, 0.2) is 0 Å². The van der Waals surface area contributed by atoms with Gasteiger partial charge in [-0.2, -0.15) is 5.10 Å². The molecule has 1 aromatic heterocycles. The van der Waals surface area contributed by atoms with Crippen molar-refractivity contribution >= 4 is 5.82 Å². The highest BCUT2D eigenvalue weighted by Gasteiger charge is 2.21. The summed E-state index contributed by atoms with van der Waals surface area (Å²) < 4.78 is 7.13. The molecule has 0 spiro atoms. The molecule has 3 rings (SSSR count). The molecule has 0 atom stereocenters. The SMILES string of the molecule is COc1ccccc1-n1nc2c(c1N)CCC2. The van der Waals surface area contributed by atoms with Crippen LogP contribution in [0.15, 0.2) is 24.3 Å². The van der Waals surface area contributed by atoms with E-state index in [1.807, 2.05) is 24.3 Å². The van der Waals surface area contributed by atoms with E-state index in [1.54, 1.807) is 11.8 Å². The number of aromatic nitrogens is 2. The van der Waals surface area contributed by atoms with Crippen LogP contribution < -0.4 is 10.5 Å². The summed E-state index contributed by atoms with van der Waals surface area (Å²) in [4.78, 5) is 0. The van der Waals surface area contributed by atoms with Gasteiger partial charge in [0.2, 0.25) is 0 Å². The summed E-state index contributed by atoms with van der Waals surface area (Å²) in [6.07, 6.45) is 3.23. The molecule has 2 aromatic rings. The minimum Gasteiger partial charge on any atom is -0.494 e. The number of anilines is 1. The zero-order chi connectivity index (χ0) is 11.8. The van der Waals surface area contributed by atoms with Gasteiger partial charge in [-0.25, -0.2) is 4.68 Å². The van der Waals surface area contributed by atoms with E-state index in [0.29, 0.717) is 0 Å². The first-order valence-corrected chi connectivity index (χ1v) is 5.81. The van der Waals surface area contributed by atoms with Crippen LogP contribution in [0.1, 0.15) is 17.7 Å². The van der Waals surface area contributed by atoms with E-state index in [2.05, 4.69) is 5.10 Å². The second kappa shape index (κ2) is 3.80. The molecule has 17 heavy (non-hydrogen) atoms. The summed E-state index contributed by atoms with van der Waals surface area (Å²) in [6, 6.07) is 7.79. The van der Waals surface area contributed by atoms with Gasteiger partial charge >= 0.3 is 0 Å². The maximum Gasteiger partial charge on any atom is 0.144 e. The van der Waals surface area contributed by atoms with Crippen LogP contribution in [-0.4, -0.2) is 16.9 Å². The minimum absolute atomic E-state index is 0.752. The van der Waals surface area contributed by atoms with Gasteiger partial charge in [0.25, 0.3) is 0 Å². The molecule has 0 saturated carbocycles. The molecule has 1 heterocycles. The van der Waals surface area contributed by atoms with Gasteiger partial charge in [0.05, 0.1) is 12.8 Å². The van der Waals surface area contributed by atoms with Crippen molar-refractivity contribution in [2.75, 3.05) is 12.8 Å². The largest absolute Gasteiger partial charge is 0.494 e. The first-order chi connectivity index (χ1) is 8.31. The zero-order valence-electron chi connectivity index (χ0n) is 9.81. The number of hydrogen-bond donors (Lipinski definition) is 1. The minimum atomic E-state index is 0.752. The monoisotopic (exact) mass is 229 g/mol. The van der Waals surface area contributed by atoms with Crippen molar-refractivity contribution < 1.29 is 4.74 Å². The smallest absolute Gasteiger partial charge is 0.144 e. The average Bonchev–Trinajstić information content (AvgIpc) is 2.93. The number of nitrogen functional groups attached to an aromatic ring is 1. The zero-order valence-corrected chi connectivity index (χ0v) is 9.81. The van der Waals surface area contributed by atoms with Gasteiger partial charge in [-0.15, -0.1) is 0 Å². The maximum atomic E-state index is 6.16. The van der Waals surface area contributed by atoms with Crippen molar-refractivity contribution in [1.82, 2.24) is 9.78 Å². The Balaban J connectivity index is 2.16. The third-order valence-corrected chi connectivity index (χ3v) is 3.26. The van der Waals surface area contributed by atoms with Crippen LogP contribution in [0.3, 0.4) is 0 Å². The lowest BCUT2D eigenvalue weighted by atomic mass is 10.2. The molecule has 4 nitrogen and oxygen atoms in total. The van der Waals surface area contributed by atoms with Crippen LogP contribution in [-0.2, 0) is 12.8 Å². The highest BCUT2D eigenvalue weighted by molar-refractivity contribution is 5.56. The number of nitrogens with two attached hydrogens (primary N) is 1. The molecule has 2 N–H and O–H groups in total. The van der Waals surface area contributed by atoms with E-state index in [1.165, 1.54) is 5.56 Å². The Kier molecular flexibility index (Phi) is 2.28. The normalized spacial score (nSPS) is 13.7. The van der Waals surface area contributed by atoms with Crippen molar-refractivity contribution in [1.29, 1.82) is 0 Å². The van der Waals surface area contributed by atoms with Crippen molar-refractivity contribution in [3.63, 3.8) is 0 Å². The predicted molar refractivity (Wildman–Crippen MR) is 66.6 cm³/mol. The molecule has 0 amide bonds. The second-order valence-corrected chi connectivity index (χ2v) is 4.25. The first-order valence-electron chi connectivity index (χ1n) is 5.81. The van der Waals surface area contributed by atoms with Crippen molar-refractivity contribution in [3.05, 3.63) is 35.5 Å². The average molecular weight is 229 g/mol. The summed E-state index contributed by atoms with van der Waals surface area (Å²) >= 11 is 0. The standard InChI is InChI=1S/C13H15N3O/c1-17-12-8-3-2-7-11(12)16-13(14)9-5-4-6-10(9)15-16/h2-3,7-8H,4-6,14H2,1H3. The number of hydrogen-bond acceptors (Lipinski definition) is 3. The summed E-state index contributed by atoms with van der Waals surface area (Å²) in [5, 5.41) is 4.58. The fraction of sp³-hybridized carbons (Fsp3) is 0.308. The molecular formula is C13H15N3O. The lowest BCUT2D eigenvalue weighted by Crippen LogP contribution is -2.05. The number of ether oxygens (including phenoxy) is 1. The third kappa shape index (κ3) is 1.48. The van der Waals surface area contributed by atoms with E-state index in [0.717, 1.165) is 42.2 Å². The Bertz CT molecular complexity index is 560. The quantitative estimate of drug-likeness (QED) is 0.856. The summed E-state index contributed by atoms with van der Waals surface area (Å²) in [5.41, 5.74) is 9.40. The van der Waals surface area contributed by atoms with Gasteiger partial charge < -0.3 is 10.5 Å². The Morgan fingerprint density at radius 2 is 2.12 bits per heavy atom. The summed E-state index contributed by atoms with van der Waals surface area (Å²) in [7, 11) is 1.66. The van der Waals surface area contributed by atoms with E-state index in [-0.39, 0.29) is 0 Å². The highest BCUT2D eigenvalue weighted by atomic mass is 16.5. The maximum absolute atomic E-state index is 6.16. The molecule has 0 aliphatic heterocycles. The van der Waals surface area contributed by atoms with E-state index in [9.17, 15) is 0 Å². The van der Waals surface area contributed by atoms with Gasteiger partial charge in [-0.1, -0.05) is 12.1 Å². The molecule has 0 bridgehead atoms. The van der Waals surface area contributed by atoms with E-state index >= 15 is 0 Å². The number of aryl methyl sites for hydroxylation is 1. The van der Waals surface area contributed by atoms with Crippen LogP contribution in [0.2, 0.25) is 0 Å². The number of methoxy groups -OCH3 is 1. The number of para-hydroxylation sites is 2. The van der Waals surface area contributed by atoms with E-state index in [4.69, 9.17) is 10.5 Å². The van der Waals surface area contributed by atoms with Gasteiger partial charge in [-0.3, -0.25) is 0 Å². The lowest BCUT2D eigenvalue weighted by molar-refractivity contribution is 0.412. The lowest BCUT2D eigenvalue weighted by Gasteiger charge is -2.09. The van der Waals surface area contributed by atoms with Crippen molar-refractivity contribution in [2.24, 2.45) is 0 Å². The highest BCUT2D eigenvalue weighted by Crippen LogP contribution is 2.31. The molecule has 1 aliphatic carbocycles. The molecule has 1 aliphatic rings. The Morgan fingerprint density at radius 3 is 2.88 bits per heavy atom. The second-order valence-electron chi connectivity index (χ2n) is 4.25. The number of fused-ring (bicyclic) bond motifs is 1. The molecule has 0 fully saturated rings. The van der Waals surface area contributed by atoms with Gasteiger partial charge in [0.1, 0.15) is 17.3 Å². The Morgan fingerprint density at radius 1 is 1.29 bits per heavy atom. The molecule has 0 unspecified atom stereocenters. The number of rotatable bonds is 2. The number of nitrogens with zero attached hydrogens (tertiary/aromatic N) is 2. The third-order valence-electron chi connectivity index (χ3n) is 3.26. The van der Waals surface area contributed by atoms with Crippen LogP contribution in [0.4, 0.5) is 5.82 Å². The molecule has 0 saturated heterocycles. The van der Waals surface area contributed by atoms with Crippen LogP contribution in [0.25, 0.3) is 5.69 Å². The molecule has 0 radical (unpaired) electrons. The summed E-state index contributed by atoms with van der Waals surface area (Å²) in [6.45, 7) is 0. The fourth-order valence-corrected chi connectivity index (χ4v) is 2.40. The predicted octanol–water partition coefficient (Wildman–Crippen LogP) is 1.95. The summed E-state index contributed by atoms with van der Waals surface area (Å²) in [5.74, 6) is 1.54. The Labute approximate surface area is 100 Å².